The van der Waals surface area contributed by atoms with Crippen molar-refractivity contribution in [3.8, 4) is 0 Å². The van der Waals surface area contributed by atoms with Crippen LogP contribution in [-0.2, 0) is 19.0 Å². The van der Waals surface area contributed by atoms with Crippen LogP contribution in [0.15, 0.2) is 0 Å². The maximum Gasteiger partial charge on any atom is 0.222 e. The Morgan fingerprint density at radius 3 is 2.62 bits per heavy atom. The first kappa shape index (κ1) is 21.5. The largest absolute Gasteiger partial charge is 0.393 e. The van der Waals surface area contributed by atoms with Gasteiger partial charge in [0, 0.05) is 32.0 Å². The Bertz CT molecular complexity index is 594. The summed E-state index contributed by atoms with van der Waals surface area (Å²) in [7, 11) is 1.67. The number of carbonyl (C=O) groups excluding carboxylic acids is 1. The van der Waals surface area contributed by atoms with Crippen LogP contribution in [0.5, 0.6) is 0 Å². The van der Waals surface area contributed by atoms with Gasteiger partial charge in [0.2, 0.25) is 5.91 Å². The second kappa shape index (κ2) is 8.45. The molecule has 1 N–H and O–H groups in total. The summed E-state index contributed by atoms with van der Waals surface area (Å²) >= 11 is 0. The Hall–Kier alpha value is -0.690. The highest BCUT2D eigenvalue weighted by atomic mass is 16.7. The number of aliphatic hydroxyl groups excluding tert-OH is 1. The van der Waals surface area contributed by atoms with Crippen molar-refractivity contribution in [3.05, 3.63) is 0 Å². The van der Waals surface area contributed by atoms with Crippen molar-refractivity contribution >= 4 is 5.91 Å². The predicted octanol–water partition coefficient (Wildman–Crippen LogP) is 2.97. The summed E-state index contributed by atoms with van der Waals surface area (Å²) in [6.45, 7) is 7.49. The number of carbonyl (C=O) groups is 1. The van der Waals surface area contributed by atoms with E-state index in [0.717, 1.165) is 51.6 Å². The third-order valence-electron chi connectivity index (χ3n) is 8.64. The zero-order valence-corrected chi connectivity index (χ0v) is 18.4. The summed E-state index contributed by atoms with van der Waals surface area (Å²) in [6.07, 6.45) is 7.07. The van der Waals surface area contributed by atoms with Crippen molar-refractivity contribution in [2.45, 2.75) is 83.7 Å². The molecule has 0 bridgehead atoms. The van der Waals surface area contributed by atoms with Crippen LogP contribution in [0.1, 0.15) is 65.2 Å². The number of hydrogen-bond donors (Lipinski definition) is 1. The lowest BCUT2D eigenvalue weighted by molar-refractivity contribution is -0.316. The van der Waals surface area contributed by atoms with Crippen molar-refractivity contribution in [1.29, 1.82) is 0 Å². The van der Waals surface area contributed by atoms with Crippen LogP contribution < -0.4 is 0 Å². The highest BCUT2D eigenvalue weighted by Gasteiger charge is 2.61. The number of rotatable bonds is 4. The first-order valence-corrected chi connectivity index (χ1v) is 11.6. The zero-order valence-electron chi connectivity index (χ0n) is 18.4. The van der Waals surface area contributed by atoms with Crippen molar-refractivity contribution in [2.24, 2.45) is 22.7 Å². The molecular formula is C23H39NO5. The Balaban J connectivity index is 1.51. The first-order valence-electron chi connectivity index (χ1n) is 11.6. The first-order chi connectivity index (χ1) is 13.9. The Kier molecular flexibility index (Phi) is 6.27. The fourth-order valence-corrected chi connectivity index (χ4v) is 6.97. The van der Waals surface area contributed by atoms with Crippen LogP contribution in [-0.4, -0.2) is 67.8 Å². The minimum Gasteiger partial charge on any atom is -0.393 e. The molecule has 7 unspecified atom stereocenters. The van der Waals surface area contributed by atoms with Gasteiger partial charge in [-0.1, -0.05) is 13.8 Å². The minimum atomic E-state index is -0.392. The van der Waals surface area contributed by atoms with Crippen molar-refractivity contribution in [2.75, 3.05) is 33.4 Å². The fourth-order valence-electron chi connectivity index (χ4n) is 6.97. The molecule has 2 aliphatic heterocycles. The van der Waals surface area contributed by atoms with Crippen LogP contribution >= 0.6 is 0 Å². The lowest BCUT2D eigenvalue weighted by atomic mass is 9.46. The molecular weight excluding hydrogens is 370 g/mol. The molecule has 7 atom stereocenters. The SMILES string of the molecule is COCC1OCC2(C)C(CCC3(C)C(CC(=O)N4CCCCC4)C(O)CCC23)O1. The van der Waals surface area contributed by atoms with Gasteiger partial charge in [0.15, 0.2) is 6.29 Å². The van der Waals surface area contributed by atoms with Crippen LogP contribution in [0.4, 0.5) is 0 Å². The molecule has 0 spiro atoms. The minimum absolute atomic E-state index is 0.0187. The van der Waals surface area contributed by atoms with Crippen molar-refractivity contribution in [1.82, 2.24) is 4.90 Å². The van der Waals surface area contributed by atoms with E-state index in [2.05, 4.69) is 13.8 Å². The van der Waals surface area contributed by atoms with Gasteiger partial charge in [-0.25, -0.2) is 0 Å². The molecule has 4 aliphatic rings. The molecule has 2 heterocycles. The highest BCUT2D eigenvalue weighted by molar-refractivity contribution is 5.76. The van der Waals surface area contributed by atoms with Crippen LogP contribution in [0.25, 0.3) is 0 Å². The van der Waals surface area contributed by atoms with E-state index >= 15 is 0 Å². The summed E-state index contributed by atoms with van der Waals surface area (Å²) in [5.41, 5.74) is -0.140. The summed E-state index contributed by atoms with van der Waals surface area (Å²) in [6, 6.07) is 0. The summed E-state index contributed by atoms with van der Waals surface area (Å²) in [5.74, 6) is 0.643. The van der Waals surface area contributed by atoms with Crippen LogP contribution in [0.3, 0.4) is 0 Å². The quantitative estimate of drug-likeness (QED) is 0.773. The fraction of sp³-hybridized carbons (Fsp3) is 0.957. The summed E-state index contributed by atoms with van der Waals surface area (Å²) in [5, 5.41) is 11.0. The number of likely N-dealkylation sites (tertiary alicyclic amines) is 1. The average Bonchev–Trinajstić information content (AvgIpc) is 2.72. The maximum atomic E-state index is 13.1. The van der Waals surface area contributed by atoms with Crippen LogP contribution in [0, 0.1) is 22.7 Å². The van der Waals surface area contributed by atoms with Gasteiger partial charge in [-0.05, 0) is 62.2 Å². The standard InChI is InChI=1S/C23H39NO5/c1-22-10-9-19-23(2,15-28-21(29-19)14-27-3)18(22)8-7-17(25)16(22)13-20(26)24-11-5-4-6-12-24/h16-19,21,25H,4-15H2,1-3H3. The summed E-state index contributed by atoms with van der Waals surface area (Å²) < 4.78 is 17.5. The molecule has 29 heavy (non-hydrogen) atoms. The monoisotopic (exact) mass is 409 g/mol. The van der Waals surface area contributed by atoms with E-state index in [9.17, 15) is 9.90 Å². The Morgan fingerprint density at radius 2 is 1.90 bits per heavy atom. The maximum absolute atomic E-state index is 13.1. The third-order valence-corrected chi connectivity index (χ3v) is 8.64. The Labute approximate surface area is 175 Å². The molecule has 4 fully saturated rings. The molecule has 6 nitrogen and oxygen atoms in total. The normalized spacial score (nSPS) is 45.4. The molecule has 4 rings (SSSR count). The number of nitrogens with zero attached hydrogens (tertiary/aromatic N) is 1. The van der Waals surface area contributed by atoms with Gasteiger partial charge in [0.05, 0.1) is 25.4 Å². The predicted molar refractivity (Wildman–Crippen MR) is 109 cm³/mol. The number of aliphatic hydroxyl groups is 1. The number of methoxy groups -OCH3 is 1. The van der Waals surface area contributed by atoms with E-state index in [1.165, 1.54) is 6.42 Å². The molecule has 0 aromatic heterocycles. The summed E-state index contributed by atoms with van der Waals surface area (Å²) in [4.78, 5) is 15.1. The van der Waals surface area contributed by atoms with Gasteiger partial charge in [-0.2, -0.15) is 0 Å². The van der Waals surface area contributed by atoms with Gasteiger partial charge in [0.1, 0.15) is 0 Å². The van der Waals surface area contributed by atoms with Gasteiger partial charge in [0.25, 0.3) is 0 Å². The van der Waals surface area contributed by atoms with E-state index in [4.69, 9.17) is 14.2 Å². The molecule has 2 saturated heterocycles. The number of piperidine rings is 1. The van der Waals surface area contributed by atoms with Gasteiger partial charge in [-0.3, -0.25) is 4.79 Å². The number of amides is 1. The Morgan fingerprint density at radius 1 is 1.14 bits per heavy atom. The van der Waals surface area contributed by atoms with E-state index in [0.29, 0.717) is 25.6 Å². The van der Waals surface area contributed by atoms with Crippen molar-refractivity contribution < 1.29 is 24.1 Å². The number of ether oxygens (including phenoxy) is 3. The van der Waals surface area contributed by atoms with Gasteiger partial charge >= 0.3 is 0 Å². The molecule has 166 valence electrons. The van der Waals surface area contributed by atoms with Gasteiger partial charge in [-0.15, -0.1) is 0 Å². The van der Waals surface area contributed by atoms with E-state index in [1.807, 2.05) is 4.90 Å². The van der Waals surface area contributed by atoms with E-state index in [1.54, 1.807) is 7.11 Å². The highest BCUT2D eigenvalue weighted by Crippen LogP contribution is 2.62. The molecule has 1 amide bonds. The molecule has 0 aromatic rings. The number of hydrogen-bond acceptors (Lipinski definition) is 5. The van der Waals surface area contributed by atoms with Gasteiger partial charge < -0.3 is 24.2 Å². The molecule has 2 saturated carbocycles. The van der Waals surface area contributed by atoms with E-state index < -0.39 is 6.10 Å². The molecule has 2 aliphatic carbocycles. The third kappa shape index (κ3) is 3.86. The van der Waals surface area contributed by atoms with Crippen molar-refractivity contribution in [3.63, 3.8) is 0 Å². The zero-order chi connectivity index (χ0) is 20.6. The molecule has 0 radical (unpaired) electrons. The second-order valence-corrected chi connectivity index (χ2v) is 10.3. The molecule has 6 heteroatoms. The lowest BCUT2D eigenvalue weighted by Gasteiger charge is -2.63. The molecule has 0 aromatic carbocycles. The topological polar surface area (TPSA) is 68.2 Å². The second-order valence-electron chi connectivity index (χ2n) is 10.3. The average molecular weight is 410 g/mol. The van der Waals surface area contributed by atoms with Crippen LogP contribution in [0.2, 0.25) is 0 Å². The smallest absolute Gasteiger partial charge is 0.222 e. The lowest BCUT2D eigenvalue weighted by Crippen LogP contribution is -2.63. The van der Waals surface area contributed by atoms with E-state index in [-0.39, 0.29) is 35.0 Å². The number of fused-ring (bicyclic) bond motifs is 3.